The summed E-state index contributed by atoms with van der Waals surface area (Å²) >= 11 is 0. The van der Waals surface area contributed by atoms with Gasteiger partial charge in [-0.15, -0.1) is 0 Å². The third-order valence-electron chi connectivity index (χ3n) is 9.05. The van der Waals surface area contributed by atoms with Gasteiger partial charge in [-0.25, -0.2) is 9.48 Å². The Kier molecular flexibility index (Phi) is 8.36. The van der Waals surface area contributed by atoms with Crippen LogP contribution in [-0.2, 0) is 14.3 Å². The molecule has 4 aliphatic carbocycles. The van der Waals surface area contributed by atoms with Gasteiger partial charge in [-0.1, -0.05) is 13.8 Å². The molecule has 1 saturated heterocycles. The molecule has 1 aromatic rings. The lowest BCUT2D eigenvalue weighted by atomic mass is 9.52. The summed E-state index contributed by atoms with van der Waals surface area (Å²) < 4.78 is 18.7. The summed E-state index contributed by atoms with van der Waals surface area (Å²) in [5.41, 5.74) is 4.64. The van der Waals surface area contributed by atoms with Gasteiger partial charge in [0.2, 0.25) is 11.8 Å². The van der Waals surface area contributed by atoms with E-state index in [4.69, 9.17) is 19.9 Å². The van der Waals surface area contributed by atoms with Crippen LogP contribution in [0, 0.1) is 29.6 Å². The van der Waals surface area contributed by atoms with E-state index in [0.29, 0.717) is 37.2 Å². The molecular weight excluding hydrogens is 526 g/mol. The van der Waals surface area contributed by atoms with Crippen molar-refractivity contribution in [3.05, 3.63) is 17.8 Å². The number of rotatable bonds is 10. The third kappa shape index (κ3) is 6.71. The zero-order valence-electron chi connectivity index (χ0n) is 24.7. The van der Waals surface area contributed by atoms with Gasteiger partial charge >= 0.3 is 6.09 Å². The van der Waals surface area contributed by atoms with E-state index in [1.54, 1.807) is 10.9 Å². The molecule has 5 aliphatic rings. The van der Waals surface area contributed by atoms with Gasteiger partial charge in [-0.05, 0) is 88.5 Å². The van der Waals surface area contributed by atoms with E-state index < -0.39 is 17.2 Å². The quantitative estimate of drug-likeness (QED) is 0.390. The molecule has 4 bridgehead atoms. The summed E-state index contributed by atoms with van der Waals surface area (Å²) in [5, 5.41) is 10.9. The van der Waals surface area contributed by atoms with E-state index in [1.165, 1.54) is 6.20 Å². The Balaban J connectivity index is 1.29. The van der Waals surface area contributed by atoms with Crippen molar-refractivity contribution in [2.24, 2.45) is 35.3 Å². The van der Waals surface area contributed by atoms with Crippen LogP contribution in [0.1, 0.15) is 83.0 Å². The maximum atomic E-state index is 13.7. The topological polar surface area (TPSA) is 147 Å². The van der Waals surface area contributed by atoms with Crippen molar-refractivity contribution in [2.45, 2.75) is 89.8 Å². The second-order valence-corrected chi connectivity index (χ2v) is 13.5. The van der Waals surface area contributed by atoms with E-state index >= 15 is 0 Å². The smallest absolute Gasteiger partial charge is 0.405 e. The molecule has 0 radical (unpaired) electrons. The molecule has 2 heterocycles. The Morgan fingerprint density at radius 3 is 2.51 bits per heavy atom. The summed E-state index contributed by atoms with van der Waals surface area (Å²) in [7, 11) is 0. The van der Waals surface area contributed by atoms with Gasteiger partial charge in [0.1, 0.15) is 11.2 Å². The minimum absolute atomic E-state index is 0.000162. The van der Waals surface area contributed by atoms with Crippen LogP contribution in [-0.4, -0.2) is 64.7 Å². The van der Waals surface area contributed by atoms with Crippen LogP contribution in [0.2, 0.25) is 0 Å². The highest BCUT2D eigenvalue weighted by atomic mass is 16.6. The molecule has 0 spiro atoms. The molecule has 2 unspecified atom stereocenters. The zero-order chi connectivity index (χ0) is 29.4. The number of aromatic nitrogens is 2. The monoisotopic (exact) mass is 571 g/mol. The van der Waals surface area contributed by atoms with E-state index in [2.05, 4.69) is 15.7 Å². The zero-order valence-corrected chi connectivity index (χ0v) is 24.7. The molecule has 41 heavy (non-hydrogen) atoms. The Bertz CT molecular complexity index is 1150. The second kappa shape index (κ2) is 11.7. The van der Waals surface area contributed by atoms with Crippen molar-refractivity contribution >= 4 is 24.1 Å². The number of nitrogens with two attached hydrogens (primary N) is 1. The van der Waals surface area contributed by atoms with Crippen LogP contribution in [0.25, 0.3) is 6.20 Å². The molecule has 5 fully saturated rings. The van der Waals surface area contributed by atoms with Crippen LogP contribution in [0.15, 0.2) is 12.3 Å². The molecule has 1 aliphatic heterocycles. The molecule has 1 aromatic heterocycles. The number of primary amides is 1. The first kappa shape index (κ1) is 29.4. The minimum atomic E-state index is -0.716. The predicted molar refractivity (Wildman–Crippen MR) is 152 cm³/mol. The average molecular weight is 572 g/mol. The summed E-state index contributed by atoms with van der Waals surface area (Å²) in [6.07, 6.45) is 10.2. The highest BCUT2D eigenvalue weighted by molar-refractivity contribution is 5.96. The molecule has 11 heteroatoms. The summed E-state index contributed by atoms with van der Waals surface area (Å²) in [4.78, 5) is 38.0. The van der Waals surface area contributed by atoms with E-state index in [-0.39, 0.29) is 41.5 Å². The van der Waals surface area contributed by atoms with Crippen molar-refractivity contribution in [1.29, 1.82) is 0 Å². The number of carbonyl (C=O) groups excluding carboxylic acids is 3. The van der Waals surface area contributed by atoms with Crippen molar-refractivity contribution in [1.82, 2.24) is 20.4 Å². The van der Waals surface area contributed by atoms with Crippen LogP contribution >= 0.6 is 0 Å². The average Bonchev–Trinajstić information content (AvgIpc) is 3.30. The van der Waals surface area contributed by atoms with Crippen molar-refractivity contribution in [3.63, 3.8) is 0 Å². The van der Waals surface area contributed by atoms with Gasteiger partial charge in [0.25, 0.3) is 5.91 Å². The minimum Gasteiger partial charge on any atom is -0.477 e. The van der Waals surface area contributed by atoms with Crippen molar-refractivity contribution in [2.75, 3.05) is 19.8 Å². The third-order valence-corrected chi connectivity index (χ3v) is 9.05. The molecule has 3 amide bonds. The first-order valence-electron chi connectivity index (χ1n) is 15.0. The molecular formula is C30H45N5O6. The van der Waals surface area contributed by atoms with Gasteiger partial charge in [0.05, 0.1) is 18.3 Å². The number of nitrogens with zero attached hydrogens (tertiary/aromatic N) is 2. The van der Waals surface area contributed by atoms with Gasteiger partial charge < -0.3 is 30.6 Å². The fourth-order valence-electron chi connectivity index (χ4n) is 7.43. The maximum Gasteiger partial charge on any atom is 0.405 e. The first-order valence-corrected chi connectivity index (χ1v) is 15.0. The Morgan fingerprint density at radius 1 is 1.20 bits per heavy atom. The Labute approximate surface area is 241 Å². The highest BCUT2D eigenvalue weighted by Gasteiger charge is 2.57. The van der Waals surface area contributed by atoms with E-state index in [1.807, 2.05) is 33.8 Å². The van der Waals surface area contributed by atoms with Gasteiger partial charge in [0, 0.05) is 31.4 Å². The number of nitrogens with one attached hydrogen (secondary N) is 2. The summed E-state index contributed by atoms with van der Waals surface area (Å²) in [6, 6.07) is -0.000162. The number of ether oxygens (including phenoxy) is 3. The highest BCUT2D eigenvalue weighted by Crippen LogP contribution is 2.57. The molecule has 4 N–H and O–H groups in total. The SMILES string of the molecule is CC(C)COc1c(C(=O)NC2C3CC4CC2CC(OC(N)=O)(C4)C3)cnn1C=CC(C)(C)NC(=O)C1CCOCC1. The van der Waals surface area contributed by atoms with Crippen LogP contribution in [0.3, 0.4) is 0 Å². The first-order chi connectivity index (χ1) is 19.4. The lowest BCUT2D eigenvalue weighted by Crippen LogP contribution is -2.63. The predicted octanol–water partition coefficient (Wildman–Crippen LogP) is 3.48. The largest absolute Gasteiger partial charge is 0.477 e. The lowest BCUT2D eigenvalue weighted by Gasteiger charge is -2.58. The van der Waals surface area contributed by atoms with Crippen molar-refractivity contribution < 1.29 is 28.6 Å². The molecule has 226 valence electrons. The normalized spacial score (nSPS) is 29.6. The van der Waals surface area contributed by atoms with E-state index in [9.17, 15) is 14.4 Å². The van der Waals surface area contributed by atoms with Crippen molar-refractivity contribution in [3.8, 4) is 5.88 Å². The lowest BCUT2D eigenvalue weighted by molar-refractivity contribution is -0.137. The molecule has 11 nitrogen and oxygen atoms in total. The molecule has 6 rings (SSSR count). The number of hydrogen-bond acceptors (Lipinski definition) is 7. The van der Waals surface area contributed by atoms with Crippen LogP contribution < -0.4 is 21.1 Å². The van der Waals surface area contributed by atoms with Crippen LogP contribution in [0.4, 0.5) is 4.79 Å². The number of carbonyl (C=O) groups is 3. The Morgan fingerprint density at radius 2 is 1.88 bits per heavy atom. The fraction of sp³-hybridized carbons (Fsp3) is 0.733. The second-order valence-electron chi connectivity index (χ2n) is 13.5. The molecule has 2 atom stereocenters. The standard InChI is InChI=1S/C30H45N5O6/c1-18(2)17-40-27-23(16-32-35(27)8-7-29(3,4)34-25(36)20-5-9-39-10-6-20)26(37)33-24-21-11-19-12-22(24)15-30(13-19,14-21)41-28(31)38/h7-8,16,18-22,24H,5-6,9-15,17H2,1-4H3,(H2,31,38)(H,33,37)(H,34,36). The maximum absolute atomic E-state index is 13.7. The van der Waals surface area contributed by atoms with Gasteiger partial charge in [-0.2, -0.15) is 5.10 Å². The molecule has 4 saturated carbocycles. The summed E-state index contributed by atoms with van der Waals surface area (Å²) in [6.45, 7) is 9.57. The van der Waals surface area contributed by atoms with Crippen LogP contribution in [0.5, 0.6) is 5.88 Å². The molecule has 0 aromatic carbocycles. The van der Waals surface area contributed by atoms with Gasteiger partial charge in [0.15, 0.2) is 0 Å². The van der Waals surface area contributed by atoms with Gasteiger partial charge in [-0.3, -0.25) is 9.59 Å². The van der Waals surface area contributed by atoms with E-state index in [0.717, 1.165) is 44.9 Å². The fourth-order valence-corrected chi connectivity index (χ4v) is 7.43. The number of hydrogen-bond donors (Lipinski definition) is 3. The summed E-state index contributed by atoms with van der Waals surface area (Å²) in [5.74, 6) is 1.32. The Hall–Kier alpha value is -3.08. The number of amides is 3.